The summed E-state index contributed by atoms with van der Waals surface area (Å²) in [6.45, 7) is 15.2. The first-order valence-corrected chi connectivity index (χ1v) is 8.07. The van der Waals surface area contributed by atoms with Gasteiger partial charge in [-0.1, -0.05) is 46.3 Å². The summed E-state index contributed by atoms with van der Waals surface area (Å²) < 4.78 is 5.69. The van der Waals surface area contributed by atoms with Crippen molar-refractivity contribution in [2.75, 3.05) is 13.1 Å². The van der Waals surface area contributed by atoms with Crippen LogP contribution in [0.4, 0.5) is 0 Å². The van der Waals surface area contributed by atoms with Gasteiger partial charge in [0.1, 0.15) is 5.76 Å². The molecule has 0 saturated carbocycles. The molecular weight excluding hydrogens is 260 g/mol. The fourth-order valence-electron chi connectivity index (χ4n) is 2.72. The van der Waals surface area contributed by atoms with Crippen LogP contribution in [0.1, 0.15) is 52.4 Å². The maximum absolute atomic E-state index is 5.69. The van der Waals surface area contributed by atoms with Crippen LogP contribution in [0.5, 0.6) is 0 Å². The molecule has 0 saturated heterocycles. The minimum Gasteiger partial charge on any atom is -0.468 e. The summed E-state index contributed by atoms with van der Waals surface area (Å²) in [5.74, 6) is 1.11. The summed E-state index contributed by atoms with van der Waals surface area (Å²) in [7, 11) is 0. The van der Waals surface area contributed by atoms with Gasteiger partial charge in [0, 0.05) is 31.2 Å². The van der Waals surface area contributed by atoms with Crippen LogP contribution in [0, 0.1) is 5.41 Å². The number of nitrogens with zero attached hydrogens (tertiary/aromatic N) is 1. The highest BCUT2D eigenvalue weighted by molar-refractivity contribution is 5.19. The normalized spacial score (nSPS) is 17.3. The Labute approximate surface area is 129 Å². The second-order valence-corrected chi connectivity index (χ2v) is 7.37. The zero-order chi connectivity index (χ0) is 15.5. The van der Waals surface area contributed by atoms with E-state index in [1.807, 2.05) is 6.26 Å². The van der Waals surface area contributed by atoms with Gasteiger partial charge in [-0.2, -0.15) is 0 Å². The largest absolute Gasteiger partial charge is 0.468 e. The minimum absolute atomic E-state index is 0.309. The molecule has 0 amide bonds. The van der Waals surface area contributed by atoms with Crippen LogP contribution in [0.3, 0.4) is 0 Å². The van der Waals surface area contributed by atoms with Crippen molar-refractivity contribution in [1.82, 2.24) is 10.2 Å². The number of furan rings is 1. The molecule has 0 spiro atoms. The first kappa shape index (κ1) is 16.3. The molecule has 0 atom stereocenters. The quantitative estimate of drug-likeness (QED) is 0.832. The molecule has 1 aromatic rings. The average Bonchev–Trinajstić information content (AvgIpc) is 2.83. The van der Waals surface area contributed by atoms with Crippen LogP contribution < -0.4 is 5.32 Å². The Morgan fingerprint density at radius 3 is 2.67 bits per heavy atom. The van der Waals surface area contributed by atoms with E-state index in [9.17, 15) is 0 Å². The highest BCUT2D eigenvalue weighted by atomic mass is 16.3. The highest BCUT2D eigenvalue weighted by Crippen LogP contribution is 2.30. The number of hydrogen-bond donors (Lipinski definition) is 1. The van der Waals surface area contributed by atoms with E-state index in [0.29, 0.717) is 11.5 Å². The Hall–Kier alpha value is -1.06. The third-order valence-electron chi connectivity index (χ3n) is 4.16. The SMILES string of the molecule is CC(C)NCc1ccoc1CN1CC=C(C(C)(C)C)CC1. The number of rotatable bonds is 5. The van der Waals surface area contributed by atoms with Crippen molar-refractivity contribution < 1.29 is 4.42 Å². The first-order chi connectivity index (χ1) is 9.86. The highest BCUT2D eigenvalue weighted by Gasteiger charge is 2.22. The van der Waals surface area contributed by atoms with Gasteiger partial charge in [-0.05, 0) is 17.9 Å². The number of nitrogens with one attached hydrogen (secondary N) is 1. The van der Waals surface area contributed by atoms with Crippen LogP contribution in [0.2, 0.25) is 0 Å². The van der Waals surface area contributed by atoms with Gasteiger partial charge in [0.2, 0.25) is 0 Å². The van der Waals surface area contributed by atoms with E-state index in [1.165, 1.54) is 12.0 Å². The van der Waals surface area contributed by atoms with E-state index < -0.39 is 0 Å². The topological polar surface area (TPSA) is 28.4 Å². The molecule has 0 unspecified atom stereocenters. The summed E-state index contributed by atoms with van der Waals surface area (Å²) in [5, 5.41) is 3.46. The molecule has 0 fully saturated rings. The van der Waals surface area contributed by atoms with Crippen LogP contribution in [0.25, 0.3) is 0 Å². The first-order valence-electron chi connectivity index (χ1n) is 8.07. The Bertz CT molecular complexity index is 480. The number of hydrogen-bond acceptors (Lipinski definition) is 3. The van der Waals surface area contributed by atoms with Crippen LogP contribution >= 0.6 is 0 Å². The monoisotopic (exact) mass is 290 g/mol. The van der Waals surface area contributed by atoms with E-state index in [0.717, 1.165) is 31.9 Å². The van der Waals surface area contributed by atoms with Gasteiger partial charge < -0.3 is 9.73 Å². The van der Waals surface area contributed by atoms with Crippen LogP contribution in [-0.4, -0.2) is 24.0 Å². The average molecular weight is 290 g/mol. The van der Waals surface area contributed by atoms with Gasteiger partial charge in [-0.3, -0.25) is 4.90 Å². The summed E-state index contributed by atoms with van der Waals surface area (Å²) in [6.07, 6.45) is 5.38. The van der Waals surface area contributed by atoms with Crippen LogP contribution in [-0.2, 0) is 13.1 Å². The van der Waals surface area contributed by atoms with Gasteiger partial charge >= 0.3 is 0 Å². The molecule has 1 aliphatic rings. The maximum atomic E-state index is 5.69. The predicted molar refractivity (Wildman–Crippen MR) is 88.1 cm³/mol. The van der Waals surface area contributed by atoms with Gasteiger partial charge in [-0.15, -0.1) is 0 Å². The third kappa shape index (κ3) is 4.72. The summed E-state index contributed by atoms with van der Waals surface area (Å²) in [4.78, 5) is 2.47. The second kappa shape index (κ2) is 6.80. The van der Waals surface area contributed by atoms with E-state index in [4.69, 9.17) is 4.42 Å². The van der Waals surface area contributed by atoms with Crippen molar-refractivity contribution in [3.05, 3.63) is 35.3 Å². The predicted octanol–water partition coefficient (Wildman–Crippen LogP) is 3.96. The molecule has 3 nitrogen and oxygen atoms in total. The summed E-state index contributed by atoms with van der Waals surface area (Å²) >= 11 is 0. The molecule has 0 bridgehead atoms. The molecule has 0 aromatic carbocycles. The molecule has 0 aliphatic carbocycles. The third-order valence-corrected chi connectivity index (χ3v) is 4.16. The molecule has 2 heterocycles. The minimum atomic E-state index is 0.309. The lowest BCUT2D eigenvalue weighted by atomic mass is 9.83. The Balaban J connectivity index is 1.92. The van der Waals surface area contributed by atoms with Gasteiger partial charge in [0.25, 0.3) is 0 Å². The second-order valence-electron chi connectivity index (χ2n) is 7.37. The van der Waals surface area contributed by atoms with Crippen molar-refractivity contribution in [2.45, 2.75) is 60.2 Å². The molecule has 0 radical (unpaired) electrons. The van der Waals surface area contributed by atoms with Gasteiger partial charge in [-0.25, -0.2) is 0 Å². The Morgan fingerprint density at radius 1 is 1.33 bits per heavy atom. The zero-order valence-corrected chi connectivity index (χ0v) is 14.2. The molecule has 21 heavy (non-hydrogen) atoms. The molecule has 1 aromatic heterocycles. The smallest absolute Gasteiger partial charge is 0.122 e. The van der Waals surface area contributed by atoms with Crippen molar-refractivity contribution in [3.63, 3.8) is 0 Å². The molecule has 3 heteroatoms. The lowest BCUT2D eigenvalue weighted by molar-refractivity contribution is 0.249. The van der Waals surface area contributed by atoms with E-state index in [-0.39, 0.29) is 0 Å². The molecule has 1 aliphatic heterocycles. The lowest BCUT2D eigenvalue weighted by Gasteiger charge is -2.31. The zero-order valence-electron chi connectivity index (χ0n) is 14.2. The molecule has 2 rings (SSSR count). The molecular formula is C18H30N2O. The molecule has 1 N–H and O–H groups in total. The lowest BCUT2D eigenvalue weighted by Crippen LogP contribution is -2.31. The van der Waals surface area contributed by atoms with Crippen molar-refractivity contribution in [2.24, 2.45) is 5.41 Å². The Kier molecular flexibility index (Phi) is 5.28. The Morgan fingerprint density at radius 2 is 2.10 bits per heavy atom. The summed E-state index contributed by atoms with van der Waals surface area (Å²) in [5.41, 5.74) is 3.18. The maximum Gasteiger partial charge on any atom is 0.122 e. The standard InChI is InChI=1S/C18H30N2O/c1-14(2)19-12-15-8-11-21-17(15)13-20-9-6-16(7-10-20)18(3,4)5/h6,8,11,14,19H,7,9-10,12-13H2,1-5H3. The van der Waals surface area contributed by atoms with Crippen molar-refractivity contribution in [1.29, 1.82) is 0 Å². The fraction of sp³-hybridized carbons (Fsp3) is 0.667. The van der Waals surface area contributed by atoms with Gasteiger partial charge in [0.15, 0.2) is 0 Å². The molecule has 118 valence electrons. The summed E-state index contributed by atoms with van der Waals surface area (Å²) in [6, 6.07) is 2.59. The van der Waals surface area contributed by atoms with E-state index in [1.54, 1.807) is 5.57 Å². The van der Waals surface area contributed by atoms with E-state index >= 15 is 0 Å². The van der Waals surface area contributed by atoms with Crippen molar-refractivity contribution >= 4 is 0 Å². The van der Waals surface area contributed by atoms with Crippen LogP contribution in [0.15, 0.2) is 28.4 Å². The van der Waals surface area contributed by atoms with Gasteiger partial charge in [0.05, 0.1) is 12.8 Å². The van der Waals surface area contributed by atoms with Crippen molar-refractivity contribution in [3.8, 4) is 0 Å². The van der Waals surface area contributed by atoms with E-state index in [2.05, 4.69) is 57.0 Å². The fourth-order valence-corrected chi connectivity index (χ4v) is 2.72.